The number of amides is 2. The molecule has 23 heavy (non-hydrogen) atoms. The summed E-state index contributed by atoms with van der Waals surface area (Å²) in [5.41, 5.74) is 6.61. The van der Waals surface area contributed by atoms with Crippen LogP contribution in [-0.4, -0.2) is 26.8 Å². The van der Waals surface area contributed by atoms with Crippen molar-refractivity contribution in [2.45, 2.75) is 6.54 Å². The van der Waals surface area contributed by atoms with Crippen molar-refractivity contribution < 1.29 is 14.1 Å². The first-order valence-corrected chi connectivity index (χ1v) is 6.76. The molecule has 3 rings (SSSR count). The third-order valence-electron chi connectivity index (χ3n) is 3.06. The molecule has 0 bridgehead atoms. The van der Waals surface area contributed by atoms with Gasteiger partial charge in [-0.05, 0) is 5.56 Å². The van der Waals surface area contributed by atoms with E-state index >= 15 is 0 Å². The Morgan fingerprint density at radius 3 is 2.74 bits per heavy atom. The Bertz CT molecular complexity index is 838. The molecule has 0 aliphatic carbocycles. The van der Waals surface area contributed by atoms with Crippen LogP contribution in [0.5, 0.6) is 0 Å². The molecule has 0 radical (unpaired) electrons. The number of nitrogens with one attached hydrogen (secondary N) is 1. The summed E-state index contributed by atoms with van der Waals surface area (Å²) in [6.45, 7) is 0.590. The van der Waals surface area contributed by atoms with Crippen molar-refractivity contribution in [3.63, 3.8) is 0 Å². The van der Waals surface area contributed by atoms with Gasteiger partial charge in [0.15, 0.2) is 5.69 Å². The maximum atomic E-state index is 12.0. The van der Waals surface area contributed by atoms with E-state index in [1.807, 2.05) is 30.3 Å². The number of aromatic nitrogens is 3. The number of nitrogens with two attached hydrogens (primary N) is 1. The van der Waals surface area contributed by atoms with E-state index < -0.39 is 11.8 Å². The normalized spacial score (nSPS) is 10.4. The van der Waals surface area contributed by atoms with Gasteiger partial charge in [0.2, 0.25) is 5.76 Å². The lowest BCUT2D eigenvalue weighted by Gasteiger charge is -2.01. The SMILES string of the molecule is NC(=O)c1cc(C(=O)Nc2cnn(Cc3ccccc3)c2)no1. The van der Waals surface area contributed by atoms with Gasteiger partial charge in [0.05, 0.1) is 18.4 Å². The maximum Gasteiger partial charge on any atom is 0.287 e. The van der Waals surface area contributed by atoms with Crippen LogP contribution in [0.4, 0.5) is 5.69 Å². The molecule has 0 atom stereocenters. The fourth-order valence-electron chi connectivity index (χ4n) is 1.98. The molecular formula is C15H13N5O3. The van der Waals surface area contributed by atoms with Crippen LogP contribution in [0, 0.1) is 0 Å². The van der Waals surface area contributed by atoms with Gasteiger partial charge < -0.3 is 15.6 Å². The molecule has 1 aromatic carbocycles. The summed E-state index contributed by atoms with van der Waals surface area (Å²) >= 11 is 0. The van der Waals surface area contributed by atoms with Crippen LogP contribution >= 0.6 is 0 Å². The quantitative estimate of drug-likeness (QED) is 0.736. The topological polar surface area (TPSA) is 116 Å². The second-order valence-electron chi connectivity index (χ2n) is 4.81. The zero-order valence-corrected chi connectivity index (χ0v) is 12.0. The Balaban J connectivity index is 1.66. The molecule has 2 amide bonds. The predicted molar refractivity (Wildman–Crippen MR) is 80.7 cm³/mol. The van der Waals surface area contributed by atoms with Crippen LogP contribution in [0.25, 0.3) is 0 Å². The summed E-state index contributed by atoms with van der Waals surface area (Å²) in [5, 5.41) is 10.3. The van der Waals surface area contributed by atoms with E-state index in [9.17, 15) is 9.59 Å². The minimum absolute atomic E-state index is 0.0328. The Morgan fingerprint density at radius 1 is 1.26 bits per heavy atom. The zero-order valence-electron chi connectivity index (χ0n) is 12.0. The fourth-order valence-corrected chi connectivity index (χ4v) is 1.98. The first-order chi connectivity index (χ1) is 11.1. The van der Waals surface area contributed by atoms with Gasteiger partial charge in [-0.3, -0.25) is 14.3 Å². The number of nitrogens with zero attached hydrogens (tertiary/aromatic N) is 3. The summed E-state index contributed by atoms with van der Waals surface area (Å²) in [7, 11) is 0. The number of primary amides is 1. The molecule has 2 heterocycles. The van der Waals surface area contributed by atoms with Crippen molar-refractivity contribution >= 4 is 17.5 Å². The van der Waals surface area contributed by atoms with Crippen LogP contribution < -0.4 is 11.1 Å². The number of rotatable bonds is 5. The zero-order chi connectivity index (χ0) is 16.2. The van der Waals surface area contributed by atoms with Gasteiger partial charge in [-0.2, -0.15) is 5.10 Å². The lowest BCUT2D eigenvalue weighted by molar-refractivity contribution is 0.0960. The number of benzene rings is 1. The van der Waals surface area contributed by atoms with Crippen molar-refractivity contribution in [3.05, 3.63) is 65.8 Å². The van der Waals surface area contributed by atoms with Crippen molar-refractivity contribution in [1.82, 2.24) is 14.9 Å². The van der Waals surface area contributed by atoms with E-state index in [1.165, 1.54) is 12.3 Å². The van der Waals surface area contributed by atoms with Gasteiger partial charge in [-0.1, -0.05) is 35.5 Å². The van der Waals surface area contributed by atoms with Crippen LogP contribution in [0.1, 0.15) is 26.6 Å². The first kappa shape index (κ1) is 14.5. The fraction of sp³-hybridized carbons (Fsp3) is 0.0667. The molecule has 0 aliphatic rings. The molecule has 0 aliphatic heterocycles. The second kappa shape index (κ2) is 6.14. The van der Waals surface area contributed by atoms with Gasteiger partial charge in [0, 0.05) is 12.3 Å². The van der Waals surface area contributed by atoms with Crippen LogP contribution in [0.2, 0.25) is 0 Å². The average molecular weight is 311 g/mol. The Labute approximate surface area is 130 Å². The Hall–Kier alpha value is -3.42. The van der Waals surface area contributed by atoms with Gasteiger partial charge >= 0.3 is 0 Å². The minimum atomic E-state index is -0.785. The number of carbonyl (C=O) groups is 2. The van der Waals surface area contributed by atoms with E-state index in [0.29, 0.717) is 12.2 Å². The molecule has 3 aromatic rings. The molecule has 8 nitrogen and oxygen atoms in total. The summed E-state index contributed by atoms with van der Waals surface area (Å²) in [5.74, 6) is -1.47. The minimum Gasteiger partial charge on any atom is -0.363 e. The molecule has 8 heteroatoms. The highest BCUT2D eigenvalue weighted by atomic mass is 16.5. The molecule has 2 aromatic heterocycles. The number of hydrogen-bond donors (Lipinski definition) is 2. The standard InChI is InChI=1S/C15H13N5O3/c16-14(21)13-6-12(19-23-13)15(22)18-11-7-17-20(9-11)8-10-4-2-1-3-5-10/h1-7,9H,8H2,(H2,16,21)(H,18,22). The van der Waals surface area contributed by atoms with Crippen LogP contribution in [0.3, 0.4) is 0 Å². The van der Waals surface area contributed by atoms with Gasteiger partial charge in [-0.15, -0.1) is 0 Å². The highest BCUT2D eigenvalue weighted by Crippen LogP contribution is 2.10. The van der Waals surface area contributed by atoms with Crippen molar-refractivity contribution in [3.8, 4) is 0 Å². The predicted octanol–water partition coefficient (Wildman–Crippen LogP) is 1.27. The van der Waals surface area contributed by atoms with Gasteiger partial charge in [-0.25, -0.2) is 0 Å². The smallest absolute Gasteiger partial charge is 0.287 e. The largest absolute Gasteiger partial charge is 0.363 e. The summed E-state index contributed by atoms with van der Waals surface area (Å²) < 4.78 is 6.36. The lowest BCUT2D eigenvalue weighted by atomic mass is 10.2. The molecule has 0 saturated heterocycles. The Kier molecular flexibility index (Phi) is 3.88. The first-order valence-electron chi connectivity index (χ1n) is 6.76. The van der Waals surface area contributed by atoms with Gasteiger partial charge in [0.1, 0.15) is 0 Å². The Morgan fingerprint density at radius 2 is 2.04 bits per heavy atom. The molecular weight excluding hydrogens is 298 g/mol. The van der Waals surface area contributed by atoms with Crippen molar-refractivity contribution in [1.29, 1.82) is 0 Å². The van der Waals surface area contributed by atoms with Crippen LogP contribution in [-0.2, 0) is 6.54 Å². The maximum absolute atomic E-state index is 12.0. The van der Waals surface area contributed by atoms with E-state index in [2.05, 4.69) is 20.1 Å². The molecule has 0 unspecified atom stereocenters. The van der Waals surface area contributed by atoms with E-state index in [1.54, 1.807) is 10.9 Å². The number of carbonyl (C=O) groups excluding carboxylic acids is 2. The number of hydrogen-bond acceptors (Lipinski definition) is 5. The van der Waals surface area contributed by atoms with E-state index in [-0.39, 0.29) is 11.5 Å². The van der Waals surface area contributed by atoms with Crippen molar-refractivity contribution in [2.75, 3.05) is 5.32 Å². The summed E-state index contributed by atoms with van der Waals surface area (Å²) in [6, 6.07) is 11.0. The van der Waals surface area contributed by atoms with E-state index in [4.69, 9.17) is 5.73 Å². The summed E-state index contributed by atoms with van der Waals surface area (Å²) in [6.07, 6.45) is 3.22. The number of anilines is 1. The lowest BCUT2D eigenvalue weighted by Crippen LogP contribution is -2.12. The van der Waals surface area contributed by atoms with Gasteiger partial charge in [0.25, 0.3) is 11.8 Å². The monoisotopic (exact) mass is 311 g/mol. The van der Waals surface area contributed by atoms with E-state index in [0.717, 1.165) is 5.56 Å². The summed E-state index contributed by atoms with van der Waals surface area (Å²) in [4.78, 5) is 22.9. The molecule has 0 spiro atoms. The second-order valence-corrected chi connectivity index (χ2v) is 4.81. The molecule has 3 N–H and O–H groups in total. The molecule has 0 saturated carbocycles. The van der Waals surface area contributed by atoms with Crippen LogP contribution in [0.15, 0.2) is 53.3 Å². The third-order valence-corrected chi connectivity index (χ3v) is 3.06. The highest BCUT2D eigenvalue weighted by Gasteiger charge is 2.16. The van der Waals surface area contributed by atoms with Crippen molar-refractivity contribution in [2.24, 2.45) is 5.73 Å². The average Bonchev–Trinajstić information content (AvgIpc) is 3.18. The third kappa shape index (κ3) is 3.43. The highest BCUT2D eigenvalue weighted by molar-refractivity contribution is 6.04. The molecule has 116 valence electrons. The molecule has 0 fully saturated rings.